The number of rotatable bonds is 3. The first-order chi connectivity index (χ1) is 9.70. The van der Waals surface area contributed by atoms with E-state index in [2.05, 4.69) is 32.1 Å². The zero-order valence-corrected chi connectivity index (χ0v) is 14.0. The van der Waals surface area contributed by atoms with Crippen molar-refractivity contribution in [2.45, 2.75) is 31.7 Å². The summed E-state index contributed by atoms with van der Waals surface area (Å²) in [5, 5.41) is 4.02. The molecular formula is C14H23Cl2N5. The Kier molecular flexibility index (Phi) is 5.90. The Balaban J connectivity index is 0.00000161. The standard InChI is InChI=1S/C14H22ClN5.ClH/c1-19-6-8-20(9-7-19)14-17-12(15)10-13(18-14)16-11-4-2-3-5-11;/h10-11H,2-9H2,1H3,(H,16,17,18);1H. The van der Waals surface area contributed by atoms with E-state index in [0.717, 1.165) is 37.9 Å². The van der Waals surface area contributed by atoms with Crippen LogP contribution >= 0.6 is 24.0 Å². The van der Waals surface area contributed by atoms with Gasteiger partial charge in [0.25, 0.3) is 0 Å². The van der Waals surface area contributed by atoms with Crippen LogP contribution in [-0.4, -0.2) is 54.1 Å². The van der Waals surface area contributed by atoms with Crippen LogP contribution in [0.2, 0.25) is 5.15 Å². The molecule has 1 saturated heterocycles. The van der Waals surface area contributed by atoms with Gasteiger partial charge in [-0.15, -0.1) is 12.4 Å². The fourth-order valence-electron chi connectivity index (χ4n) is 2.91. The Bertz CT molecular complexity index is 457. The molecule has 2 fully saturated rings. The van der Waals surface area contributed by atoms with Gasteiger partial charge in [-0.05, 0) is 19.9 Å². The number of hydrogen-bond acceptors (Lipinski definition) is 5. The Morgan fingerprint density at radius 2 is 1.81 bits per heavy atom. The third kappa shape index (κ3) is 4.34. The largest absolute Gasteiger partial charge is 0.367 e. The molecule has 0 spiro atoms. The van der Waals surface area contributed by atoms with Crippen molar-refractivity contribution >= 4 is 35.8 Å². The molecule has 1 aromatic rings. The van der Waals surface area contributed by atoms with Crippen LogP contribution in [-0.2, 0) is 0 Å². The summed E-state index contributed by atoms with van der Waals surface area (Å²) in [4.78, 5) is 13.6. The fraction of sp³-hybridized carbons (Fsp3) is 0.714. The van der Waals surface area contributed by atoms with Gasteiger partial charge in [-0.2, -0.15) is 4.98 Å². The van der Waals surface area contributed by atoms with Gasteiger partial charge in [0.15, 0.2) is 0 Å². The van der Waals surface area contributed by atoms with E-state index < -0.39 is 0 Å². The highest BCUT2D eigenvalue weighted by molar-refractivity contribution is 6.29. The smallest absolute Gasteiger partial charge is 0.228 e. The third-order valence-corrected chi connectivity index (χ3v) is 4.37. The van der Waals surface area contributed by atoms with E-state index in [4.69, 9.17) is 11.6 Å². The summed E-state index contributed by atoms with van der Waals surface area (Å²) < 4.78 is 0. The molecule has 1 aromatic heterocycles. The van der Waals surface area contributed by atoms with E-state index in [-0.39, 0.29) is 12.4 Å². The lowest BCUT2D eigenvalue weighted by molar-refractivity contribution is 0.311. The maximum absolute atomic E-state index is 6.16. The Hall–Kier alpha value is -0.780. The molecule has 1 N–H and O–H groups in total. The second-order valence-electron chi connectivity index (χ2n) is 5.79. The summed E-state index contributed by atoms with van der Waals surface area (Å²) >= 11 is 6.16. The first-order valence-corrected chi connectivity index (χ1v) is 7.83. The van der Waals surface area contributed by atoms with Crippen molar-refractivity contribution in [1.29, 1.82) is 0 Å². The Morgan fingerprint density at radius 1 is 1.14 bits per heavy atom. The third-order valence-electron chi connectivity index (χ3n) is 4.18. The number of nitrogens with zero attached hydrogens (tertiary/aromatic N) is 4. The first kappa shape index (κ1) is 16.6. The quantitative estimate of drug-likeness (QED) is 0.862. The van der Waals surface area contributed by atoms with Crippen molar-refractivity contribution in [1.82, 2.24) is 14.9 Å². The SMILES string of the molecule is CN1CCN(c2nc(Cl)cc(NC3CCCC3)n2)CC1.Cl. The predicted octanol–water partition coefficient (Wildman–Crippen LogP) is 2.66. The van der Waals surface area contributed by atoms with E-state index in [1.54, 1.807) is 0 Å². The van der Waals surface area contributed by atoms with E-state index in [0.29, 0.717) is 11.2 Å². The molecule has 0 bridgehead atoms. The van der Waals surface area contributed by atoms with Gasteiger partial charge in [-0.1, -0.05) is 24.4 Å². The Morgan fingerprint density at radius 3 is 2.48 bits per heavy atom. The number of anilines is 2. The normalized spacial score (nSPS) is 20.4. The van der Waals surface area contributed by atoms with Crippen LogP contribution in [0.15, 0.2) is 6.07 Å². The van der Waals surface area contributed by atoms with Gasteiger partial charge in [-0.3, -0.25) is 0 Å². The number of aromatic nitrogens is 2. The maximum Gasteiger partial charge on any atom is 0.228 e. The van der Waals surface area contributed by atoms with E-state index >= 15 is 0 Å². The van der Waals surface area contributed by atoms with Gasteiger partial charge in [0.1, 0.15) is 11.0 Å². The first-order valence-electron chi connectivity index (χ1n) is 7.45. The lowest BCUT2D eigenvalue weighted by Crippen LogP contribution is -2.45. The molecule has 1 aliphatic heterocycles. The lowest BCUT2D eigenvalue weighted by Gasteiger charge is -2.32. The van der Waals surface area contributed by atoms with Crippen molar-refractivity contribution in [2.24, 2.45) is 0 Å². The lowest BCUT2D eigenvalue weighted by atomic mass is 10.2. The molecule has 7 heteroatoms. The maximum atomic E-state index is 6.16. The van der Waals surface area contributed by atoms with Crippen molar-refractivity contribution in [3.63, 3.8) is 0 Å². The van der Waals surface area contributed by atoms with Crippen molar-refractivity contribution in [3.8, 4) is 0 Å². The molecular weight excluding hydrogens is 309 g/mol. The molecule has 1 saturated carbocycles. The minimum atomic E-state index is 0. The summed E-state index contributed by atoms with van der Waals surface area (Å²) in [7, 11) is 2.14. The van der Waals surface area contributed by atoms with E-state index in [9.17, 15) is 0 Å². The minimum absolute atomic E-state index is 0. The summed E-state index contributed by atoms with van der Waals surface area (Å²) in [6.07, 6.45) is 5.07. The number of hydrogen-bond donors (Lipinski definition) is 1. The highest BCUT2D eigenvalue weighted by Gasteiger charge is 2.19. The monoisotopic (exact) mass is 331 g/mol. The van der Waals surface area contributed by atoms with Crippen molar-refractivity contribution < 1.29 is 0 Å². The van der Waals surface area contributed by atoms with Gasteiger partial charge in [0, 0.05) is 38.3 Å². The number of piperazine rings is 1. The van der Waals surface area contributed by atoms with Crippen LogP contribution in [0.25, 0.3) is 0 Å². The van der Waals surface area contributed by atoms with Crippen LogP contribution < -0.4 is 10.2 Å². The summed E-state index contributed by atoms with van der Waals surface area (Å²) in [6, 6.07) is 2.38. The molecule has 1 aliphatic carbocycles. The zero-order chi connectivity index (χ0) is 13.9. The molecule has 0 atom stereocenters. The zero-order valence-electron chi connectivity index (χ0n) is 12.4. The molecule has 118 valence electrons. The molecule has 0 aromatic carbocycles. The van der Waals surface area contributed by atoms with Crippen LogP contribution in [0.1, 0.15) is 25.7 Å². The molecule has 0 unspecified atom stereocenters. The number of halogens is 2. The average Bonchev–Trinajstić information content (AvgIpc) is 2.91. The molecule has 3 rings (SSSR count). The molecule has 0 amide bonds. The summed E-state index contributed by atoms with van der Waals surface area (Å²) in [5.74, 6) is 1.62. The molecule has 5 nitrogen and oxygen atoms in total. The van der Waals surface area contributed by atoms with E-state index in [1.807, 2.05) is 6.07 Å². The second-order valence-corrected chi connectivity index (χ2v) is 6.18. The van der Waals surface area contributed by atoms with Gasteiger partial charge < -0.3 is 15.1 Å². The Labute approximate surface area is 137 Å². The number of likely N-dealkylation sites (N-methyl/N-ethyl adjacent to an activating group) is 1. The molecule has 2 aliphatic rings. The van der Waals surface area contributed by atoms with Gasteiger partial charge >= 0.3 is 0 Å². The van der Waals surface area contributed by atoms with Crippen LogP contribution in [0, 0.1) is 0 Å². The van der Waals surface area contributed by atoms with Crippen LogP contribution in [0.5, 0.6) is 0 Å². The van der Waals surface area contributed by atoms with Gasteiger partial charge in [-0.25, -0.2) is 4.98 Å². The minimum Gasteiger partial charge on any atom is -0.367 e. The van der Waals surface area contributed by atoms with Crippen LogP contribution in [0.3, 0.4) is 0 Å². The highest BCUT2D eigenvalue weighted by atomic mass is 35.5. The predicted molar refractivity (Wildman–Crippen MR) is 89.9 cm³/mol. The summed E-state index contributed by atoms with van der Waals surface area (Å²) in [5.41, 5.74) is 0. The average molecular weight is 332 g/mol. The topological polar surface area (TPSA) is 44.3 Å². The molecule has 0 radical (unpaired) electrons. The molecule has 2 heterocycles. The van der Waals surface area contributed by atoms with Gasteiger partial charge in [0.05, 0.1) is 0 Å². The van der Waals surface area contributed by atoms with Gasteiger partial charge in [0.2, 0.25) is 5.95 Å². The highest BCUT2D eigenvalue weighted by Crippen LogP contribution is 2.24. The van der Waals surface area contributed by atoms with E-state index in [1.165, 1.54) is 25.7 Å². The van der Waals surface area contributed by atoms with Crippen molar-refractivity contribution in [3.05, 3.63) is 11.2 Å². The van der Waals surface area contributed by atoms with Crippen molar-refractivity contribution in [2.75, 3.05) is 43.4 Å². The summed E-state index contributed by atoms with van der Waals surface area (Å²) in [6.45, 7) is 4.00. The fourth-order valence-corrected chi connectivity index (χ4v) is 3.09. The number of nitrogens with one attached hydrogen (secondary N) is 1. The molecule has 21 heavy (non-hydrogen) atoms. The van der Waals surface area contributed by atoms with Crippen LogP contribution in [0.4, 0.5) is 11.8 Å². The second kappa shape index (κ2) is 7.47.